The van der Waals surface area contributed by atoms with Crippen LogP contribution in [0.25, 0.3) is 22.6 Å². The van der Waals surface area contributed by atoms with Crippen LogP contribution in [0.15, 0.2) is 48.9 Å². The summed E-state index contributed by atoms with van der Waals surface area (Å²) in [7, 11) is 0. The van der Waals surface area contributed by atoms with Gasteiger partial charge in [0.2, 0.25) is 0 Å². The van der Waals surface area contributed by atoms with Crippen LogP contribution in [-0.4, -0.2) is 41.7 Å². The van der Waals surface area contributed by atoms with Gasteiger partial charge >= 0.3 is 0 Å². The number of halogens is 2. The molecule has 2 bridgehead atoms. The van der Waals surface area contributed by atoms with Gasteiger partial charge in [-0.1, -0.05) is 26.8 Å². The number of aliphatic hydroxyl groups is 1. The van der Waals surface area contributed by atoms with Crippen molar-refractivity contribution in [3.8, 4) is 22.6 Å². The van der Waals surface area contributed by atoms with Crippen LogP contribution in [0.4, 0.5) is 8.78 Å². The minimum absolute atomic E-state index is 0.0889. The van der Waals surface area contributed by atoms with Gasteiger partial charge in [-0.3, -0.25) is 4.68 Å². The number of hydrogen-bond acceptors (Lipinski definition) is 6. The highest BCUT2D eigenvalue weighted by Gasteiger charge is 2.65. The fourth-order valence-corrected chi connectivity index (χ4v) is 6.45. The maximum atomic E-state index is 14.5. The van der Waals surface area contributed by atoms with Crippen molar-refractivity contribution < 1.29 is 13.9 Å². The lowest BCUT2D eigenvalue weighted by molar-refractivity contribution is 0.219. The maximum absolute atomic E-state index is 14.5. The highest BCUT2D eigenvalue weighted by atomic mass is 19.1. The van der Waals surface area contributed by atoms with Crippen LogP contribution in [0.5, 0.6) is 0 Å². The Morgan fingerprint density at radius 3 is 2.70 bits per heavy atom. The van der Waals surface area contributed by atoms with Gasteiger partial charge in [-0.15, -0.1) is 5.10 Å². The SMILES string of the molecule is C[C@H](CO)Cn1cc(-c2nccc([C@@]34CC[C@@H](c5cc(-c6c(F)cccc6F)nnc53)C4(C)C)n2)cn1. The lowest BCUT2D eigenvalue weighted by Crippen LogP contribution is -2.38. The third-order valence-corrected chi connectivity index (χ3v) is 8.40. The maximum Gasteiger partial charge on any atom is 0.162 e. The zero-order valence-corrected chi connectivity index (χ0v) is 21.0. The van der Waals surface area contributed by atoms with E-state index in [4.69, 9.17) is 4.98 Å². The van der Waals surface area contributed by atoms with Gasteiger partial charge in [-0.05, 0) is 59.9 Å². The Bertz CT molecular complexity index is 1480. The molecule has 0 spiro atoms. The van der Waals surface area contributed by atoms with Gasteiger partial charge < -0.3 is 5.11 Å². The molecular formula is C28H28F2N6O. The van der Waals surface area contributed by atoms with E-state index in [1.165, 1.54) is 18.2 Å². The molecule has 1 aromatic carbocycles. The van der Waals surface area contributed by atoms with E-state index in [0.29, 0.717) is 12.4 Å². The first kappa shape index (κ1) is 23.8. The predicted molar refractivity (Wildman–Crippen MR) is 133 cm³/mol. The van der Waals surface area contributed by atoms with Gasteiger partial charge in [0.1, 0.15) is 11.6 Å². The molecule has 37 heavy (non-hydrogen) atoms. The molecule has 1 saturated carbocycles. The average Bonchev–Trinajstić information content (AvgIpc) is 3.51. The van der Waals surface area contributed by atoms with Crippen molar-refractivity contribution in [1.29, 1.82) is 0 Å². The highest BCUT2D eigenvalue weighted by Crippen LogP contribution is 2.69. The number of hydrogen-bond donors (Lipinski definition) is 1. The standard InChI is InChI=1S/C28H28F2N6O/c1-16(15-37)13-36-14-17(12-32-36)26-31-10-8-23(33-26)28-9-7-19(27(28,2)3)18-11-22(34-35-25(18)28)24-20(29)5-4-6-21(24)30/h4-6,8,10-12,14,16,19,37H,7,9,13,15H2,1-3H3/t16-,19-,28-/m0/s1. The molecule has 0 aliphatic heterocycles. The molecule has 1 N–H and O–H groups in total. The normalized spacial score (nSPS) is 22.3. The van der Waals surface area contributed by atoms with Crippen molar-refractivity contribution in [3.05, 3.63) is 77.5 Å². The summed E-state index contributed by atoms with van der Waals surface area (Å²) < 4.78 is 30.8. The minimum atomic E-state index is -0.652. The third kappa shape index (κ3) is 3.43. The molecule has 0 unspecified atom stereocenters. The second-order valence-corrected chi connectivity index (χ2v) is 10.9. The summed E-state index contributed by atoms with van der Waals surface area (Å²) in [6.07, 6.45) is 7.16. The zero-order valence-electron chi connectivity index (χ0n) is 21.0. The van der Waals surface area contributed by atoms with Gasteiger partial charge in [0.15, 0.2) is 5.82 Å². The lowest BCUT2D eigenvalue weighted by atomic mass is 9.66. The molecule has 1 fully saturated rings. The average molecular weight is 503 g/mol. The first-order valence-electron chi connectivity index (χ1n) is 12.6. The van der Waals surface area contributed by atoms with Crippen LogP contribution in [-0.2, 0) is 12.0 Å². The van der Waals surface area contributed by atoms with Crippen LogP contribution >= 0.6 is 0 Å². The Kier molecular flexibility index (Phi) is 5.45. The quantitative estimate of drug-likeness (QED) is 0.403. The van der Waals surface area contributed by atoms with Crippen LogP contribution in [0, 0.1) is 23.0 Å². The van der Waals surface area contributed by atoms with Gasteiger partial charge in [0.05, 0.1) is 39.8 Å². The molecule has 9 heteroatoms. The highest BCUT2D eigenvalue weighted by molar-refractivity contribution is 5.64. The Balaban J connectivity index is 1.43. The van der Waals surface area contributed by atoms with E-state index in [-0.39, 0.29) is 35.1 Å². The number of rotatable bonds is 6. The van der Waals surface area contributed by atoms with Crippen molar-refractivity contribution >= 4 is 0 Å². The van der Waals surface area contributed by atoms with E-state index < -0.39 is 17.0 Å². The number of aromatic nitrogens is 6. The minimum Gasteiger partial charge on any atom is -0.396 e. The van der Waals surface area contributed by atoms with Crippen LogP contribution in [0.1, 0.15) is 56.5 Å². The predicted octanol–water partition coefficient (Wildman–Crippen LogP) is 4.91. The van der Waals surface area contributed by atoms with Crippen LogP contribution in [0.3, 0.4) is 0 Å². The first-order valence-corrected chi connectivity index (χ1v) is 12.6. The molecule has 0 amide bonds. The second kappa shape index (κ2) is 8.48. The van der Waals surface area contributed by atoms with Crippen LogP contribution in [0.2, 0.25) is 0 Å². The van der Waals surface area contributed by atoms with Crippen LogP contribution < -0.4 is 0 Å². The molecule has 3 atom stereocenters. The molecule has 3 aromatic heterocycles. The van der Waals surface area contributed by atoms with E-state index >= 15 is 0 Å². The summed E-state index contributed by atoms with van der Waals surface area (Å²) in [5.41, 5.74) is 2.80. The fraction of sp³-hybridized carbons (Fsp3) is 0.393. The summed E-state index contributed by atoms with van der Waals surface area (Å²) in [6, 6.07) is 7.57. The smallest absolute Gasteiger partial charge is 0.162 e. The number of aliphatic hydroxyl groups excluding tert-OH is 1. The van der Waals surface area contributed by atoms with E-state index in [1.54, 1.807) is 17.1 Å². The number of benzene rings is 1. The Morgan fingerprint density at radius 2 is 1.95 bits per heavy atom. The first-order chi connectivity index (χ1) is 17.8. The van der Waals surface area contributed by atoms with E-state index in [9.17, 15) is 13.9 Å². The Morgan fingerprint density at radius 1 is 1.16 bits per heavy atom. The molecule has 190 valence electrons. The molecule has 0 radical (unpaired) electrons. The summed E-state index contributed by atoms with van der Waals surface area (Å²) in [5.74, 6) is -0.485. The molecule has 3 heterocycles. The van der Waals surface area contributed by atoms with Gasteiger partial charge in [0.25, 0.3) is 0 Å². The van der Waals surface area contributed by atoms with Crippen molar-refractivity contribution in [3.63, 3.8) is 0 Å². The molecule has 2 aliphatic rings. The van der Waals surface area contributed by atoms with Crippen molar-refractivity contribution in [2.75, 3.05) is 6.61 Å². The van der Waals surface area contributed by atoms with E-state index in [1.807, 2.05) is 25.3 Å². The van der Waals surface area contributed by atoms with Crippen molar-refractivity contribution in [2.45, 2.75) is 51.5 Å². The third-order valence-electron chi connectivity index (χ3n) is 8.40. The largest absolute Gasteiger partial charge is 0.396 e. The number of nitrogens with zero attached hydrogens (tertiary/aromatic N) is 6. The lowest BCUT2D eigenvalue weighted by Gasteiger charge is -2.37. The Hall–Kier alpha value is -3.59. The summed E-state index contributed by atoms with van der Waals surface area (Å²) >= 11 is 0. The summed E-state index contributed by atoms with van der Waals surface area (Å²) in [4.78, 5) is 9.53. The summed E-state index contributed by atoms with van der Waals surface area (Å²) in [5, 5.41) is 22.7. The second-order valence-electron chi connectivity index (χ2n) is 10.9. The monoisotopic (exact) mass is 502 g/mol. The van der Waals surface area contributed by atoms with E-state index in [0.717, 1.165) is 35.4 Å². The molecule has 0 saturated heterocycles. The molecular weight excluding hydrogens is 474 g/mol. The van der Waals surface area contributed by atoms with Gasteiger partial charge in [-0.25, -0.2) is 18.7 Å². The van der Waals surface area contributed by atoms with E-state index in [2.05, 4.69) is 34.1 Å². The molecule has 2 aliphatic carbocycles. The number of fused-ring (bicyclic) bond motifs is 5. The summed E-state index contributed by atoms with van der Waals surface area (Å²) in [6.45, 7) is 7.08. The molecule has 6 rings (SSSR count). The zero-order chi connectivity index (χ0) is 25.9. The molecule has 7 nitrogen and oxygen atoms in total. The van der Waals surface area contributed by atoms with Crippen molar-refractivity contribution in [1.82, 2.24) is 29.9 Å². The Labute approximate surface area is 213 Å². The fourth-order valence-electron chi connectivity index (χ4n) is 6.45. The van der Waals surface area contributed by atoms with Gasteiger partial charge in [0, 0.05) is 25.5 Å². The van der Waals surface area contributed by atoms with Gasteiger partial charge in [-0.2, -0.15) is 10.2 Å². The molecule has 4 aromatic rings. The van der Waals surface area contributed by atoms with Crippen molar-refractivity contribution in [2.24, 2.45) is 11.3 Å². The topological polar surface area (TPSA) is 89.6 Å².